The summed E-state index contributed by atoms with van der Waals surface area (Å²) >= 11 is 0. The van der Waals surface area contributed by atoms with E-state index in [1.54, 1.807) is 7.11 Å². The molecule has 1 aromatic carbocycles. The smallest absolute Gasteiger partial charge is 0.0479 e. The minimum atomic E-state index is 0.804. The summed E-state index contributed by atoms with van der Waals surface area (Å²) in [7, 11) is 1.73. The molecule has 1 aromatic rings. The van der Waals surface area contributed by atoms with Crippen LogP contribution in [-0.2, 0) is 4.74 Å². The van der Waals surface area contributed by atoms with Gasteiger partial charge in [-0.3, -0.25) is 0 Å². The van der Waals surface area contributed by atoms with Crippen molar-refractivity contribution >= 4 is 11.4 Å². The lowest BCUT2D eigenvalue weighted by atomic mass is 10.2. The van der Waals surface area contributed by atoms with Gasteiger partial charge in [-0.15, -0.1) is 0 Å². The van der Waals surface area contributed by atoms with Gasteiger partial charge in [0, 0.05) is 38.2 Å². The Morgan fingerprint density at radius 3 is 2.80 bits per heavy atom. The molecule has 2 N–H and O–H groups in total. The predicted molar refractivity (Wildman–Crippen MR) is 65.2 cm³/mol. The molecule has 15 heavy (non-hydrogen) atoms. The van der Waals surface area contributed by atoms with Crippen molar-refractivity contribution in [2.75, 3.05) is 37.4 Å². The molecule has 0 saturated carbocycles. The third-order valence-corrected chi connectivity index (χ3v) is 2.39. The van der Waals surface area contributed by atoms with Gasteiger partial charge in [0.25, 0.3) is 0 Å². The maximum atomic E-state index is 5.75. The normalized spacial score (nSPS) is 10.3. The third-order valence-electron chi connectivity index (χ3n) is 2.39. The van der Waals surface area contributed by atoms with Crippen molar-refractivity contribution < 1.29 is 4.74 Å². The molecular weight excluding hydrogens is 188 g/mol. The van der Waals surface area contributed by atoms with E-state index in [0.717, 1.165) is 31.8 Å². The summed E-state index contributed by atoms with van der Waals surface area (Å²) in [4.78, 5) is 2.30. The van der Waals surface area contributed by atoms with Crippen LogP contribution >= 0.6 is 0 Å². The molecule has 0 aliphatic heterocycles. The fraction of sp³-hybridized carbons (Fsp3) is 0.500. The second kappa shape index (κ2) is 6.30. The highest BCUT2D eigenvalue weighted by atomic mass is 16.5. The molecule has 0 bridgehead atoms. The summed E-state index contributed by atoms with van der Waals surface area (Å²) in [6, 6.07) is 8.00. The van der Waals surface area contributed by atoms with Crippen LogP contribution in [0.5, 0.6) is 0 Å². The molecule has 0 amide bonds. The van der Waals surface area contributed by atoms with Gasteiger partial charge in [-0.05, 0) is 31.5 Å². The van der Waals surface area contributed by atoms with Crippen LogP contribution in [-0.4, -0.2) is 26.8 Å². The minimum Gasteiger partial charge on any atom is -0.399 e. The number of ether oxygens (including phenoxy) is 1. The van der Waals surface area contributed by atoms with E-state index in [4.69, 9.17) is 10.5 Å². The highest BCUT2D eigenvalue weighted by molar-refractivity contribution is 5.55. The van der Waals surface area contributed by atoms with Crippen molar-refractivity contribution in [3.05, 3.63) is 24.3 Å². The van der Waals surface area contributed by atoms with Crippen molar-refractivity contribution in [1.82, 2.24) is 0 Å². The Labute approximate surface area is 91.8 Å². The van der Waals surface area contributed by atoms with Crippen LogP contribution in [0, 0.1) is 0 Å². The molecule has 0 radical (unpaired) electrons. The van der Waals surface area contributed by atoms with Crippen LogP contribution in [0.1, 0.15) is 13.3 Å². The van der Waals surface area contributed by atoms with Gasteiger partial charge in [0.2, 0.25) is 0 Å². The van der Waals surface area contributed by atoms with Crippen molar-refractivity contribution in [3.8, 4) is 0 Å². The second-order valence-electron chi connectivity index (χ2n) is 3.52. The zero-order valence-electron chi connectivity index (χ0n) is 9.57. The van der Waals surface area contributed by atoms with Crippen LogP contribution in [0.4, 0.5) is 11.4 Å². The molecule has 0 saturated heterocycles. The van der Waals surface area contributed by atoms with Gasteiger partial charge in [-0.1, -0.05) is 6.07 Å². The van der Waals surface area contributed by atoms with Gasteiger partial charge in [0.05, 0.1) is 0 Å². The third kappa shape index (κ3) is 3.80. The molecule has 84 valence electrons. The number of methoxy groups -OCH3 is 1. The first kappa shape index (κ1) is 11.9. The average Bonchev–Trinajstić information content (AvgIpc) is 2.24. The zero-order chi connectivity index (χ0) is 11.1. The number of rotatable bonds is 6. The van der Waals surface area contributed by atoms with Gasteiger partial charge >= 0.3 is 0 Å². The highest BCUT2D eigenvalue weighted by Crippen LogP contribution is 2.17. The van der Waals surface area contributed by atoms with Crippen molar-refractivity contribution in [1.29, 1.82) is 0 Å². The maximum absolute atomic E-state index is 5.75. The molecule has 0 aromatic heterocycles. The molecule has 0 fully saturated rings. The Bertz CT molecular complexity index is 289. The molecule has 1 rings (SSSR count). The Morgan fingerprint density at radius 1 is 1.40 bits per heavy atom. The molecule has 3 nitrogen and oxygen atoms in total. The van der Waals surface area contributed by atoms with Gasteiger partial charge in [-0.25, -0.2) is 0 Å². The predicted octanol–water partition coefficient (Wildman–Crippen LogP) is 2.13. The van der Waals surface area contributed by atoms with Crippen molar-refractivity contribution in [2.24, 2.45) is 0 Å². The second-order valence-corrected chi connectivity index (χ2v) is 3.52. The lowest BCUT2D eigenvalue weighted by molar-refractivity contribution is 0.196. The van der Waals surface area contributed by atoms with E-state index in [0.29, 0.717) is 0 Å². The fourth-order valence-corrected chi connectivity index (χ4v) is 1.59. The first-order valence-corrected chi connectivity index (χ1v) is 5.37. The topological polar surface area (TPSA) is 38.5 Å². The monoisotopic (exact) mass is 208 g/mol. The first-order valence-electron chi connectivity index (χ1n) is 5.37. The van der Waals surface area contributed by atoms with E-state index in [9.17, 15) is 0 Å². The van der Waals surface area contributed by atoms with Crippen LogP contribution in [0.2, 0.25) is 0 Å². The standard InChI is InChI=1S/C12H20N2O/c1-3-14(8-5-9-15-2)12-7-4-6-11(13)10-12/h4,6-7,10H,3,5,8-9,13H2,1-2H3. The summed E-state index contributed by atoms with van der Waals surface area (Å²) in [6.45, 7) is 4.95. The fourth-order valence-electron chi connectivity index (χ4n) is 1.59. The molecule has 0 heterocycles. The summed E-state index contributed by atoms with van der Waals surface area (Å²) < 4.78 is 5.04. The average molecular weight is 208 g/mol. The van der Waals surface area contributed by atoms with Gasteiger partial charge in [-0.2, -0.15) is 0 Å². The SMILES string of the molecule is CCN(CCCOC)c1cccc(N)c1. The van der Waals surface area contributed by atoms with E-state index in [1.165, 1.54) is 5.69 Å². The van der Waals surface area contributed by atoms with E-state index in [1.807, 2.05) is 18.2 Å². The molecular formula is C12H20N2O. The van der Waals surface area contributed by atoms with Crippen molar-refractivity contribution in [3.63, 3.8) is 0 Å². The summed E-state index contributed by atoms with van der Waals surface area (Å²) in [5.41, 5.74) is 7.76. The Morgan fingerprint density at radius 2 is 2.20 bits per heavy atom. The lowest BCUT2D eigenvalue weighted by Crippen LogP contribution is -2.24. The molecule has 0 spiro atoms. The zero-order valence-corrected chi connectivity index (χ0v) is 9.57. The number of nitrogens with zero attached hydrogens (tertiary/aromatic N) is 1. The molecule has 0 atom stereocenters. The number of nitrogens with two attached hydrogens (primary N) is 1. The largest absolute Gasteiger partial charge is 0.399 e. The van der Waals surface area contributed by atoms with E-state index in [-0.39, 0.29) is 0 Å². The number of benzene rings is 1. The van der Waals surface area contributed by atoms with Crippen molar-refractivity contribution in [2.45, 2.75) is 13.3 Å². The number of nitrogen functional groups attached to an aromatic ring is 1. The quantitative estimate of drug-likeness (QED) is 0.575. The lowest BCUT2D eigenvalue weighted by Gasteiger charge is -2.23. The molecule has 3 heteroatoms. The van der Waals surface area contributed by atoms with E-state index < -0.39 is 0 Å². The Hall–Kier alpha value is -1.22. The maximum Gasteiger partial charge on any atom is 0.0479 e. The highest BCUT2D eigenvalue weighted by Gasteiger charge is 2.03. The number of anilines is 2. The van der Waals surface area contributed by atoms with E-state index >= 15 is 0 Å². The molecule has 0 unspecified atom stereocenters. The Balaban J connectivity index is 2.57. The van der Waals surface area contributed by atoms with Gasteiger partial charge < -0.3 is 15.4 Å². The van der Waals surface area contributed by atoms with Crippen LogP contribution in [0.25, 0.3) is 0 Å². The minimum absolute atomic E-state index is 0.804. The molecule has 0 aliphatic rings. The number of hydrogen-bond donors (Lipinski definition) is 1. The van der Waals surface area contributed by atoms with E-state index in [2.05, 4.69) is 17.9 Å². The van der Waals surface area contributed by atoms with Crippen LogP contribution in [0.15, 0.2) is 24.3 Å². The van der Waals surface area contributed by atoms with Crippen LogP contribution in [0.3, 0.4) is 0 Å². The molecule has 0 aliphatic carbocycles. The Kier molecular flexibility index (Phi) is 4.98. The summed E-state index contributed by atoms with van der Waals surface area (Å²) in [6.07, 6.45) is 1.04. The van der Waals surface area contributed by atoms with Crippen LogP contribution < -0.4 is 10.6 Å². The van der Waals surface area contributed by atoms with Gasteiger partial charge in [0.1, 0.15) is 0 Å². The number of hydrogen-bond acceptors (Lipinski definition) is 3. The summed E-state index contributed by atoms with van der Waals surface area (Å²) in [5.74, 6) is 0. The first-order chi connectivity index (χ1) is 7.27. The summed E-state index contributed by atoms with van der Waals surface area (Å²) in [5, 5.41) is 0. The van der Waals surface area contributed by atoms with Gasteiger partial charge in [0.15, 0.2) is 0 Å².